The summed E-state index contributed by atoms with van der Waals surface area (Å²) < 4.78 is 38.8. The number of nitrogens with one attached hydrogen (secondary N) is 2. The summed E-state index contributed by atoms with van der Waals surface area (Å²) in [7, 11) is 0. The van der Waals surface area contributed by atoms with Crippen LogP contribution in [0.1, 0.15) is 11.1 Å². The average molecular weight is 453 g/mol. The van der Waals surface area contributed by atoms with Crippen LogP contribution in [0.25, 0.3) is 22.0 Å². The number of thiocarbonyl (C=S) groups is 1. The lowest BCUT2D eigenvalue weighted by molar-refractivity contribution is -0.137. The van der Waals surface area contributed by atoms with Crippen LogP contribution in [0, 0.1) is 6.92 Å². The van der Waals surface area contributed by atoms with Gasteiger partial charge in [0.2, 0.25) is 5.95 Å². The second-order valence-corrected chi connectivity index (χ2v) is 7.60. The lowest BCUT2D eigenvalue weighted by Gasteiger charge is -2.14. The number of anilines is 3. The first-order valence-electron chi connectivity index (χ1n) is 9.57. The van der Waals surface area contributed by atoms with Crippen molar-refractivity contribution in [3.8, 4) is 11.1 Å². The molecular weight excluding hydrogens is 435 g/mol. The molecule has 5 nitrogen and oxygen atoms in total. The van der Waals surface area contributed by atoms with Gasteiger partial charge < -0.3 is 16.4 Å². The van der Waals surface area contributed by atoms with E-state index in [1.165, 1.54) is 12.1 Å². The number of nitrogens with two attached hydrogens (primary N) is 1. The van der Waals surface area contributed by atoms with Crippen molar-refractivity contribution in [2.75, 3.05) is 16.4 Å². The molecule has 0 radical (unpaired) electrons. The Morgan fingerprint density at radius 2 is 1.72 bits per heavy atom. The van der Waals surface area contributed by atoms with Gasteiger partial charge in [0.05, 0.1) is 11.1 Å². The normalized spacial score (nSPS) is 11.4. The molecule has 162 valence electrons. The SMILES string of the molecule is Cc1ccc(NC(=S)Nc2cccc(C(F)(F)F)c2)cc1-c1ccc2nc(N)ncc2c1. The smallest absolute Gasteiger partial charge is 0.368 e. The van der Waals surface area contributed by atoms with Crippen molar-refractivity contribution in [1.82, 2.24) is 9.97 Å². The highest BCUT2D eigenvalue weighted by molar-refractivity contribution is 7.80. The van der Waals surface area contributed by atoms with Crippen LogP contribution < -0.4 is 16.4 Å². The van der Waals surface area contributed by atoms with Gasteiger partial charge in [-0.15, -0.1) is 0 Å². The zero-order chi connectivity index (χ0) is 22.9. The first-order valence-corrected chi connectivity index (χ1v) is 9.98. The topological polar surface area (TPSA) is 75.9 Å². The van der Waals surface area contributed by atoms with Gasteiger partial charge in [-0.1, -0.05) is 18.2 Å². The highest BCUT2D eigenvalue weighted by atomic mass is 32.1. The van der Waals surface area contributed by atoms with E-state index in [9.17, 15) is 13.2 Å². The molecule has 0 spiro atoms. The second kappa shape index (κ2) is 8.43. The number of hydrogen-bond acceptors (Lipinski definition) is 4. The number of fused-ring (bicyclic) bond motifs is 1. The minimum absolute atomic E-state index is 0.182. The Morgan fingerprint density at radius 3 is 2.47 bits per heavy atom. The first-order chi connectivity index (χ1) is 15.2. The summed E-state index contributed by atoms with van der Waals surface area (Å²) >= 11 is 5.29. The average Bonchev–Trinajstić information content (AvgIpc) is 2.74. The quantitative estimate of drug-likeness (QED) is 0.330. The van der Waals surface area contributed by atoms with Crippen molar-refractivity contribution in [3.05, 3.63) is 78.0 Å². The van der Waals surface area contributed by atoms with Crippen LogP contribution >= 0.6 is 12.2 Å². The maximum atomic E-state index is 12.9. The summed E-state index contributed by atoms with van der Waals surface area (Å²) in [5.41, 5.74) is 9.57. The molecule has 0 amide bonds. The standard InChI is InChI=1S/C23H18F3N5S/c1-13-5-7-18(30-22(32)29-17-4-2-3-16(10-17)23(24,25)26)11-19(13)14-6-8-20-15(9-14)12-28-21(27)31-20/h2-12H,1H3,(H2,27,28,31)(H2,29,30,32). The largest absolute Gasteiger partial charge is 0.416 e. The molecule has 0 aliphatic carbocycles. The molecule has 0 saturated heterocycles. The predicted molar refractivity (Wildman–Crippen MR) is 125 cm³/mol. The highest BCUT2D eigenvalue weighted by Gasteiger charge is 2.30. The number of halogens is 3. The van der Waals surface area contributed by atoms with E-state index in [1.54, 1.807) is 6.20 Å². The molecule has 0 aliphatic heterocycles. The molecule has 0 unspecified atom stereocenters. The van der Waals surface area contributed by atoms with Gasteiger partial charge in [0.15, 0.2) is 5.11 Å². The Bertz CT molecular complexity index is 1320. The Hall–Kier alpha value is -3.72. The summed E-state index contributed by atoms with van der Waals surface area (Å²) in [6.07, 6.45) is -2.75. The van der Waals surface area contributed by atoms with E-state index in [-0.39, 0.29) is 16.7 Å². The Labute approximate surface area is 187 Å². The number of alkyl halides is 3. The van der Waals surface area contributed by atoms with E-state index in [0.29, 0.717) is 5.69 Å². The van der Waals surface area contributed by atoms with E-state index in [0.717, 1.165) is 39.7 Å². The molecule has 1 aromatic heterocycles. The maximum absolute atomic E-state index is 12.9. The number of nitrogens with zero attached hydrogens (tertiary/aromatic N) is 2. The van der Waals surface area contributed by atoms with Crippen LogP contribution in [0.4, 0.5) is 30.5 Å². The number of benzene rings is 3. The zero-order valence-electron chi connectivity index (χ0n) is 16.9. The lowest BCUT2D eigenvalue weighted by atomic mass is 9.98. The van der Waals surface area contributed by atoms with Crippen LogP contribution in [0.5, 0.6) is 0 Å². The Morgan fingerprint density at radius 1 is 0.969 bits per heavy atom. The van der Waals surface area contributed by atoms with Gasteiger partial charge in [0.1, 0.15) is 0 Å². The van der Waals surface area contributed by atoms with Crippen molar-refractivity contribution in [1.29, 1.82) is 0 Å². The number of hydrogen-bond donors (Lipinski definition) is 3. The third-order valence-corrected chi connectivity index (χ3v) is 5.06. The summed E-state index contributed by atoms with van der Waals surface area (Å²) in [5, 5.41) is 6.87. The molecule has 0 aliphatic rings. The molecule has 32 heavy (non-hydrogen) atoms. The van der Waals surface area contributed by atoms with Crippen molar-refractivity contribution in [2.45, 2.75) is 13.1 Å². The number of aromatic nitrogens is 2. The number of nitrogen functional groups attached to an aromatic ring is 1. The monoisotopic (exact) mass is 453 g/mol. The minimum atomic E-state index is -4.42. The van der Waals surface area contributed by atoms with Crippen molar-refractivity contribution in [3.63, 3.8) is 0 Å². The number of rotatable bonds is 3. The van der Waals surface area contributed by atoms with Crippen LogP contribution in [0.15, 0.2) is 66.9 Å². The maximum Gasteiger partial charge on any atom is 0.416 e. The fraction of sp³-hybridized carbons (Fsp3) is 0.0870. The fourth-order valence-corrected chi connectivity index (χ4v) is 3.53. The molecule has 0 fully saturated rings. The van der Waals surface area contributed by atoms with Crippen molar-refractivity contribution >= 4 is 45.6 Å². The van der Waals surface area contributed by atoms with E-state index < -0.39 is 11.7 Å². The van der Waals surface area contributed by atoms with Gasteiger partial charge in [0, 0.05) is 23.0 Å². The fourth-order valence-electron chi connectivity index (χ4n) is 3.29. The zero-order valence-corrected chi connectivity index (χ0v) is 17.7. The van der Waals surface area contributed by atoms with Gasteiger partial charge in [-0.05, 0) is 78.3 Å². The lowest BCUT2D eigenvalue weighted by Crippen LogP contribution is -2.19. The summed E-state index contributed by atoms with van der Waals surface area (Å²) in [6, 6.07) is 16.4. The summed E-state index contributed by atoms with van der Waals surface area (Å²) in [5.74, 6) is 0.217. The van der Waals surface area contributed by atoms with Gasteiger partial charge in [-0.25, -0.2) is 9.97 Å². The molecule has 3 aromatic carbocycles. The van der Waals surface area contributed by atoms with Crippen LogP contribution in [-0.2, 0) is 6.18 Å². The summed E-state index contributed by atoms with van der Waals surface area (Å²) in [6.45, 7) is 1.99. The van der Waals surface area contributed by atoms with Crippen molar-refractivity contribution in [2.24, 2.45) is 0 Å². The summed E-state index contributed by atoms with van der Waals surface area (Å²) in [4.78, 5) is 8.25. The molecule has 1 heterocycles. The molecule has 0 saturated carbocycles. The Balaban J connectivity index is 1.55. The molecule has 4 N–H and O–H groups in total. The third kappa shape index (κ3) is 4.78. The third-order valence-electron chi connectivity index (χ3n) is 4.85. The predicted octanol–water partition coefficient (Wildman–Crippen LogP) is 6.02. The van der Waals surface area contributed by atoms with Crippen LogP contribution in [0.3, 0.4) is 0 Å². The molecule has 0 bridgehead atoms. The first kappa shape index (κ1) is 21.5. The van der Waals surface area contributed by atoms with Gasteiger partial charge >= 0.3 is 6.18 Å². The molecular formula is C23H18F3N5S. The van der Waals surface area contributed by atoms with Crippen molar-refractivity contribution < 1.29 is 13.2 Å². The van der Waals surface area contributed by atoms with E-state index >= 15 is 0 Å². The molecule has 4 aromatic rings. The van der Waals surface area contributed by atoms with E-state index in [1.807, 2.05) is 43.3 Å². The van der Waals surface area contributed by atoms with E-state index in [2.05, 4.69) is 20.6 Å². The minimum Gasteiger partial charge on any atom is -0.368 e. The highest BCUT2D eigenvalue weighted by Crippen LogP contribution is 2.31. The second-order valence-electron chi connectivity index (χ2n) is 7.19. The molecule has 9 heteroatoms. The van der Waals surface area contributed by atoms with Gasteiger partial charge in [-0.2, -0.15) is 13.2 Å². The van der Waals surface area contributed by atoms with Crippen LogP contribution in [0.2, 0.25) is 0 Å². The number of aryl methyl sites for hydroxylation is 1. The molecule has 0 atom stereocenters. The van der Waals surface area contributed by atoms with Crippen LogP contribution in [-0.4, -0.2) is 15.1 Å². The van der Waals surface area contributed by atoms with Gasteiger partial charge in [-0.3, -0.25) is 0 Å². The van der Waals surface area contributed by atoms with Gasteiger partial charge in [0.25, 0.3) is 0 Å². The molecule has 4 rings (SSSR count). The van der Waals surface area contributed by atoms with E-state index in [4.69, 9.17) is 18.0 Å². The Kier molecular flexibility index (Phi) is 5.67.